The van der Waals surface area contributed by atoms with Crippen LogP contribution in [0.2, 0.25) is 0 Å². The zero-order valence-corrected chi connectivity index (χ0v) is 11.6. The van der Waals surface area contributed by atoms with Gasteiger partial charge in [-0.05, 0) is 37.1 Å². The molecule has 0 aliphatic rings. The maximum Gasteiger partial charge on any atom is 0.120 e. The number of aryl methyl sites for hydroxylation is 1. The van der Waals surface area contributed by atoms with Gasteiger partial charge in [0.25, 0.3) is 0 Å². The minimum absolute atomic E-state index is 0.720. The molecule has 19 heavy (non-hydrogen) atoms. The number of hydrazine groups is 1. The van der Waals surface area contributed by atoms with Crippen LogP contribution in [0.4, 0.5) is 5.69 Å². The smallest absolute Gasteiger partial charge is 0.120 e. The molecule has 0 radical (unpaired) electrons. The van der Waals surface area contributed by atoms with Crippen molar-refractivity contribution >= 4 is 16.6 Å². The molecule has 0 atom stereocenters. The Labute approximate surface area is 113 Å². The standard InChI is InChI=1S/C15H21N3O/c1-3-5-11-9-15(18-16)13-10-12(19-8-4-2)6-7-14(13)17-11/h6-7,9-10H,3-5,8,16H2,1-2H3,(H,17,18). The van der Waals surface area contributed by atoms with E-state index in [2.05, 4.69) is 24.3 Å². The number of rotatable bonds is 6. The fourth-order valence-electron chi connectivity index (χ4n) is 2.07. The number of nitrogens with two attached hydrogens (primary N) is 1. The van der Waals surface area contributed by atoms with E-state index < -0.39 is 0 Å². The second-order valence-corrected chi connectivity index (χ2v) is 4.58. The molecule has 0 bridgehead atoms. The van der Waals surface area contributed by atoms with Gasteiger partial charge in [-0.3, -0.25) is 10.8 Å². The molecular weight excluding hydrogens is 238 g/mol. The summed E-state index contributed by atoms with van der Waals surface area (Å²) in [6.07, 6.45) is 3.02. The molecule has 2 rings (SSSR count). The van der Waals surface area contributed by atoms with Crippen LogP contribution < -0.4 is 16.0 Å². The van der Waals surface area contributed by atoms with E-state index in [-0.39, 0.29) is 0 Å². The van der Waals surface area contributed by atoms with Crippen molar-refractivity contribution in [2.75, 3.05) is 12.0 Å². The second kappa shape index (κ2) is 6.38. The minimum atomic E-state index is 0.720. The molecule has 1 aromatic heterocycles. The Bertz CT molecular complexity index is 554. The molecule has 0 saturated carbocycles. The summed E-state index contributed by atoms with van der Waals surface area (Å²) in [4.78, 5) is 4.64. The number of hydrogen-bond donors (Lipinski definition) is 2. The zero-order chi connectivity index (χ0) is 13.7. The lowest BCUT2D eigenvalue weighted by Crippen LogP contribution is -2.08. The predicted molar refractivity (Wildman–Crippen MR) is 79.3 cm³/mol. The van der Waals surface area contributed by atoms with E-state index in [0.29, 0.717) is 0 Å². The number of ether oxygens (including phenoxy) is 1. The normalized spacial score (nSPS) is 10.7. The fraction of sp³-hybridized carbons (Fsp3) is 0.400. The first kappa shape index (κ1) is 13.6. The van der Waals surface area contributed by atoms with Gasteiger partial charge in [-0.1, -0.05) is 20.3 Å². The van der Waals surface area contributed by atoms with E-state index in [1.807, 2.05) is 24.3 Å². The quantitative estimate of drug-likeness (QED) is 0.617. The summed E-state index contributed by atoms with van der Waals surface area (Å²) in [7, 11) is 0. The lowest BCUT2D eigenvalue weighted by atomic mass is 10.1. The molecule has 3 N–H and O–H groups in total. The number of nitrogens with one attached hydrogen (secondary N) is 1. The Balaban J connectivity index is 2.43. The molecule has 1 aromatic carbocycles. The zero-order valence-electron chi connectivity index (χ0n) is 11.6. The Morgan fingerprint density at radius 3 is 2.74 bits per heavy atom. The van der Waals surface area contributed by atoms with Gasteiger partial charge in [-0.2, -0.15) is 0 Å². The van der Waals surface area contributed by atoms with E-state index >= 15 is 0 Å². The molecule has 2 aromatic rings. The van der Waals surface area contributed by atoms with Crippen molar-refractivity contribution in [1.82, 2.24) is 4.98 Å². The van der Waals surface area contributed by atoms with Crippen molar-refractivity contribution in [3.05, 3.63) is 30.0 Å². The van der Waals surface area contributed by atoms with Gasteiger partial charge >= 0.3 is 0 Å². The van der Waals surface area contributed by atoms with Crippen molar-refractivity contribution in [1.29, 1.82) is 0 Å². The van der Waals surface area contributed by atoms with E-state index in [0.717, 1.165) is 53.9 Å². The highest BCUT2D eigenvalue weighted by Gasteiger charge is 2.06. The molecule has 0 unspecified atom stereocenters. The fourth-order valence-corrected chi connectivity index (χ4v) is 2.07. The Morgan fingerprint density at radius 1 is 1.21 bits per heavy atom. The molecule has 4 nitrogen and oxygen atoms in total. The third kappa shape index (κ3) is 3.15. The number of anilines is 1. The average molecular weight is 259 g/mol. The average Bonchev–Trinajstić information content (AvgIpc) is 2.44. The molecule has 4 heteroatoms. The molecule has 0 aliphatic heterocycles. The van der Waals surface area contributed by atoms with Crippen LogP contribution in [0.1, 0.15) is 32.4 Å². The monoisotopic (exact) mass is 259 g/mol. The van der Waals surface area contributed by atoms with Crippen LogP contribution in [0.25, 0.3) is 10.9 Å². The Morgan fingerprint density at radius 2 is 2.05 bits per heavy atom. The van der Waals surface area contributed by atoms with Gasteiger partial charge in [0.05, 0.1) is 17.8 Å². The number of hydrogen-bond acceptors (Lipinski definition) is 4. The number of aromatic nitrogens is 1. The van der Waals surface area contributed by atoms with Crippen LogP contribution in [0, 0.1) is 0 Å². The predicted octanol–water partition coefficient (Wildman–Crippen LogP) is 3.26. The van der Waals surface area contributed by atoms with Gasteiger partial charge in [-0.25, -0.2) is 0 Å². The molecule has 102 valence electrons. The second-order valence-electron chi connectivity index (χ2n) is 4.58. The van der Waals surface area contributed by atoms with Crippen molar-refractivity contribution in [3.63, 3.8) is 0 Å². The lowest BCUT2D eigenvalue weighted by Gasteiger charge is -2.11. The van der Waals surface area contributed by atoms with Gasteiger partial charge in [0.2, 0.25) is 0 Å². The van der Waals surface area contributed by atoms with Crippen molar-refractivity contribution in [2.45, 2.75) is 33.1 Å². The third-order valence-electron chi connectivity index (χ3n) is 2.97. The van der Waals surface area contributed by atoms with Gasteiger partial charge in [0.15, 0.2) is 0 Å². The highest BCUT2D eigenvalue weighted by atomic mass is 16.5. The van der Waals surface area contributed by atoms with Gasteiger partial charge in [-0.15, -0.1) is 0 Å². The highest BCUT2D eigenvalue weighted by molar-refractivity contribution is 5.92. The van der Waals surface area contributed by atoms with E-state index in [1.165, 1.54) is 0 Å². The van der Waals surface area contributed by atoms with Crippen molar-refractivity contribution in [2.24, 2.45) is 5.84 Å². The van der Waals surface area contributed by atoms with Gasteiger partial charge in [0.1, 0.15) is 5.75 Å². The first-order valence-electron chi connectivity index (χ1n) is 6.81. The number of benzene rings is 1. The van der Waals surface area contributed by atoms with Crippen LogP contribution in [0.15, 0.2) is 24.3 Å². The van der Waals surface area contributed by atoms with Crippen molar-refractivity contribution < 1.29 is 4.74 Å². The highest BCUT2D eigenvalue weighted by Crippen LogP contribution is 2.27. The Kier molecular flexibility index (Phi) is 4.58. The SMILES string of the molecule is CCCOc1ccc2nc(CCC)cc(NN)c2c1. The van der Waals surface area contributed by atoms with E-state index in [4.69, 9.17) is 10.6 Å². The largest absolute Gasteiger partial charge is 0.494 e. The topological polar surface area (TPSA) is 60.2 Å². The molecule has 0 fully saturated rings. The number of pyridine rings is 1. The van der Waals surface area contributed by atoms with Gasteiger partial charge in [0, 0.05) is 11.1 Å². The molecular formula is C15H21N3O. The summed E-state index contributed by atoms with van der Waals surface area (Å²) in [5.74, 6) is 6.47. The molecule has 1 heterocycles. The number of fused-ring (bicyclic) bond motifs is 1. The maximum absolute atomic E-state index is 5.64. The molecule has 0 spiro atoms. The summed E-state index contributed by atoms with van der Waals surface area (Å²) >= 11 is 0. The maximum atomic E-state index is 5.64. The summed E-state index contributed by atoms with van der Waals surface area (Å²) in [6.45, 7) is 4.95. The Hall–Kier alpha value is -1.81. The lowest BCUT2D eigenvalue weighted by molar-refractivity contribution is 0.318. The van der Waals surface area contributed by atoms with Crippen LogP contribution in [0.3, 0.4) is 0 Å². The first-order valence-corrected chi connectivity index (χ1v) is 6.81. The van der Waals surface area contributed by atoms with E-state index in [9.17, 15) is 0 Å². The van der Waals surface area contributed by atoms with Crippen molar-refractivity contribution in [3.8, 4) is 5.75 Å². The van der Waals surface area contributed by atoms with E-state index in [1.54, 1.807) is 0 Å². The molecule has 0 aliphatic carbocycles. The summed E-state index contributed by atoms with van der Waals surface area (Å²) in [5.41, 5.74) is 5.66. The van der Waals surface area contributed by atoms with Crippen LogP contribution in [0.5, 0.6) is 5.75 Å². The minimum Gasteiger partial charge on any atom is -0.494 e. The number of nitrogen functional groups attached to an aromatic ring is 1. The van der Waals surface area contributed by atoms with Crippen LogP contribution in [-0.4, -0.2) is 11.6 Å². The summed E-state index contributed by atoms with van der Waals surface area (Å²) in [5, 5.41) is 0.996. The summed E-state index contributed by atoms with van der Waals surface area (Å²) < 4.78 is 5.64. The number of nitrogens with zero attached hydrogens (tertiary/aromatic N) is 1. The van der Waals surface area contributed by atoms with Crippen LogP contribution >= 0.6 is 0 Å². The molecule has 0 amide bonds. The summed E-state index contributed by atoms with van der Waals surface area (Å²) in [6, 6.07) is 7.94. The van der Waals surface area contributed by atoms with Gasteiger partial charge < -0.3 is 10.2 Å². The first-order chi connectivity index (χ1) is 9.28. The van der Waals surface area contributed by atoms with Crippen LogP contribution in [-0.2, 0) is 6.42 Å². The third-order valence-corrected chi connectivity index (χ3v) is 2.97. The molecule has 0 saturated heterocycles.